The van der Waals surface area contributed by atoms with E-state index >= 15 is 0 Å². The highest BCUT2D eigenvalue weighted by Gasteiger charge is 2.20. The van der Waals surface area contributed by atoms with E-state index in [0.29, 0.717) is 6.04 Å². The molecule has 0 aliphatic carbocycles. The smallest absolute Gasteiger partial charge is 0.0610 e. The summed E-state index contributed by atoms with van der Waals surface area (Å²) in [6, 6.07) is 0.626. The lowest BCUT2D eigenvalue weighted by Gasteiger charge is -2.30. The Morgan fingerprint density at radius 3 is 2.17 bits per heavy atom. The van der Waals surface area contributed by atoms with Gasteiger partial charge >= 0.3 is 0 Å². The summed E-state index contributed by atoms with van der Waals surface area (Å²) in [4.78, 5) is 2.56. The van der Waals surface area contributed by atoms with Crippen LogP contribution in [0.2, 0.25) is 0 Å². The Morgan fingerprint density at radius 2 is 1.78 bits per heavy atom. The zero-order valence-electron chi connectivity index (χ0n) is 13.3. The summed E-state index contributed by atoms with van der Waals surface area (Å²) in [6.07, 6.45) is 3.41. The van der Waals surface area contributed by atoms with Crippen molar-refractivity contribution in [3.05, 3.63) is 0 Å². The van der Waals surface area contributed by atoms with E-state index in [0.717, 1.165) is 12.3 Å². The van der Waals surface area contributed by atoms with Crippen LogP contribution in [0, 0.1) is 5.92 Å². The highest BCUT2D eigenvalue weighted by molar-refractivity contribution is 4.80. The number of aliphatic hydroxyl groups excluding tert-OH is 1. The van der Waals surface area contributed by atoms with Gasteiger partial charge in [-0.25, -0.2) is 0 Å². The van der Waals surface area contributed by atoms with Gasteiger partial charge in [0.2, 0.25) is 0 Å². The average Bonchev–Trinajstić information content (AvgIpc) is 2.32. The van der Waals surface area contributed by atoms with Crippen molar-refractivity contribution in [1.29, 1.82) is 0 Å². The van der Waals surface area contributed by atoms with Crippen LogP contribution >= 0.6 is 0 Å². The molecule has 0 aromatic carbocycles. The molecule has 0 heterocycles. The average molecular weight is 258 g/mol. The molecule has 18 heavy (non-hydrogen) atoms. The molecule has 0 radical (unpaired) electrons. The highest BCUT2D eigenvalue weighted by Crippen LogP contribution is 2.14. The molecule has 0 fully saturated rings. The molecule has 0 spiro atoms. The first-order chi connectivity index (χ1) is 8.34. The van der Waals surface area contributed by atoms with Gasteiger partial charge in [-0.05, 0) is 53.1 Å². The number of rotatable bonds is 10. The summed E-state index contributed by atoms with van der Waals surface area (Å²) in [5.74, 6) is 0.729. The van der Waals surface area contributed by atoms with Crippen molar-refractivity contribution in [1.82, 2.24) is 10.2 Å². The number of hydrogen-bond acceptors (Lipinski definition) is 3. The van der Waals surface area contributed by atoms with Crippen LogP contribution in [0.25, 0.3) is 0 Å². The molecule has 2 N–H and O–H groups in total. The van der Waals surface area contributed by atoms with E-state index in [9.17, 15) is 5.11 Å². The van der Waals surface area contributed by atoms with Gasteiger partial charge in [-0.3, -0.25) is 0 Å². The third-order valence-electron chi connectivity index (χ3n) is 3.71. The Hall–Kier alpha value is -0.120. The summed E-state index contributed by atoms with van der Waals surface area (Å²) in [5.41, 5.74) is -0.110. The van der Waals surface area contributed by atoms with E-state index in [1.165, 1.54) is 25.9 Å². The van der Waals surface area contributed by atoms with Gasteiger partial charge in [-0.2, -0.15) is 0 Å². The van der Waals surface area contributed by atoms with Gasteiger partial charge in [0.25, 0.3) is 0 Å². The SMILES string of the molecule is CNC(C)(CO)CCCCN(CC(C)C)C(C)C. The lowest BCUT2D eigenvalue weighted by Crippen LogP contribution is -2.43. The molecule has 3 heteroatoms. The Kier molecular flexibility index (Phi) is 8.83. The molecule has 0 rings (SSSR count). The minimum absolute atomic E-state index is 0.110. The standard InChI is InChI=1S/C15H34N2O/c1-13(2)11-17(14(3)4)10-8-7-9-15(5,12-18)16-6/h13-14,16,18H,7-12H2,1-6H3. The molecule has 0 bridgehead atoms. The van der Waals surface area contributed by atoms with Gasteiger partial charge < -0.3 is 15.3 Å². The van der Waals surface area contributed by atoms with Crippen LogP contribution in [0.5, 0.6) is 0 Å². The molecule has 0 aromatic rings. The Labute approximate surface area is 114 Å². The number of unbranched alkanes of at least 4 members (excludes halogenated alkanes) is 1. The predicted octanol–water partition coefficient (Wildman–Crippen LogP) is 2.49. The molecule has 0 saturated heterocycles. The van der Waals surface area contributed by atoms with Crippen LogP contribution in [-0.4, -0.2) is 48.3 Å². The molecule has 0 saturated carbocycles. The summed E-state index contributed by atoms with van der Waals surface area (Å²) < 4.78 is 0. The van der Waals surface area contributed by atoms with Gasteiger partial charge in [0.1, 0.15) is 0 Å². The Balaban J connectivity index is 3.93. The first kappa shape index (κ1) is 17.9. The lowest BCUT2D eigenvalue weighted by atomic mass is 9.96. The number of likely N-dealkylation sites (N-methyl/N-ethyl adjacent to an activating group) is 1. The summed E-state index contributed by atoms with van der Waals surface area (Å²) in [6.45, 7) is 13.7. The van der Waals surface area contributed by atoms with Gasteiger partial charge in [-0.1, -0.05) is 20.3 Å². The van der Waals surface area contributed by atoms with Crippen LogP contribution < -0.4 is 5.32 Å². The van der Waals surface area contributed by atoms with Crippen LogP contribution in [0.3, 0.4) is 0 Å². The maximum Gasteiger partial charge on any atom is 0.0610 e. The van der Waals surface area contributed by atoms with E-state index in [1.54, 1.807) is 0 Å². The van der Waals surface area contributed by atoms with E-state index in [1.807, 2.05) is 7.05 Å². The minimum Gasteiger partial charge on any atom is -0.394 e. The largest absolute Gasteiger partial charge is 0.394 e. The maximum absolute atomic E-state index is 9.33. The van der Waals surface area contributed by atoms with Crippen LogP contribution in [0.1, 0.15) is 53.9 Å². The Bertz CT molecular complexity index is 201. The first-order valence-corrected chi connectivity index (χ1v) is 7.38. The van der Waals surface area contributed by atoms with Crippen molar-refractivity contribution in [3.8, 4) is 0 Å². The lowest BCUT2D eigenvalue weighted by molar-refractivity contribution is 0.162. The van der Waals surface area contributed by atoms with Gasteiger partial charge in [0.15, 0.2) is 0 Å². The fourth-order valence-corrected chi connectivity index (χ4v) is 2.14. The molecule has 0 aliphatic rings. The summed E-state index contributed by atoms with van der Waals surface area (Å²) >= 11 is 0. The molecule has 0 aliphatic heterocycles. The van der Waals surface area contributed by atoms with Gasteiger partial charge in [-0.15, -0.1) is 0 Å². The van der Waals surface area contributed by atoms with Crippen molar-refractivity contribution in [2.24, 2.45) is 5.92 Å². The van der Waals surface area contributed by atoms with Gasteiger partial charge in [0.05, 0.1) is 6.61 Å². The highest BCUT2D eigenvalue weighted by atomic mass is 16.3. The van der Waals surface area contributed by atoms with E-state index in [-0.39, 0.29) is 12.1 Å². The van der Waals surface area contributed by atoms with Crippen LogP contribution in [-0.2, 0) is 0 Å². The van der Waals surface area contributed by atoms with E-state index in [4.69, 9.17) is 0 Å². The molecular weight excluding hydrogens is 224 g/mol. The first-order valence-electron chi connectivity index (χ1n) is 7.38. The third-order valence-corrected chi connectivity index (χ3v) is 3.71. The summed E-state index contributed by atoms with van der Waals surface area (Å²) in [5, 5.41) is 12.5. The van der Waals surface area contributed by atoms with Crippen molar-refractivity contribution in [2.45, 2.75) is 65.5 Å². The van der Waals surface area contributed by atoms with Crippen molar-refractivity contribution >= 4 is 0 Å². The number of aliphatic hydroxyl groups is 1. The van der Waals surface area contributed by atoms with Crippen molar-refractivity contribution < 1.29 is 5.11 Å². The van der Waals surface area contributed by atoms with Gasteiger partial charge in [0, 0.05) is 18.1 Å². The normalized spacial score (nSPS) is 15.7. The fourth-order valence-electron chi connectivity index (χ4n) is 2.14. The molecule has 110 valence electrons. The second kappa shape index (κ2) is 8.89. The Morgan fingerprint density at radius 1 is 1.17 bits per heavy atom. The number of nitrogens with zero attached hydrogens (tertiary/aromatic N) is 1. The monoisotopic (exact) mass is 258 g/mol. The third kappa shape index (κ3) is 7.34. The molecule has 0 aromatic heterocycles. The zero-order valence-corrected chi connectivity index (χ0v) is 13.3. The van der Waals surface area contributed by atoms with Crippen molar-refractivity contribution in [3.63, 3.8) is 0 Å². The fraction of sp³-hybridized carbons (Fsp3) is 1.00. The molecular formula is C15H34N2O. The van der Waals surface area contributed by atoms with Crippen LogP contribution in [0.4, 0.5) is 0 Å². The number of nitrogens with one attached hydrogen (secondary N) is 1. The predicted molar refractivity (Wildman–Crippen MR) is 79.9 cm³/mol. The maximum atomic E-state index is 9.33. The molecule has 1 atom stereocenters. The van der Waals surface area contributed by atoms with E-state index < -0.39 is 0 Å². The van der Waals surface area contributed by atoms with Crippen molar-refractivity contribution in [2.75, 3.05) is 26.7 Å². The topological polar surface area (TPSA) is 35.5 Å². The van der Waals surface area contributed by atoms with E-state index in [2.05, 4.69) is 44.8 Å². The van der Waals surface area contributed by atoms with Crippen LogP contribution in [0.15, 0.2) is 0 Å². The summed E-state index contributed by atoms with van der Waals surface area (Å²) in [7, 11) is 1.93. The minimum atomic E-state index is -0.110. The molecule has 0 amide bonds. The second-order valence-corrected chi connectivity index (χ2v) is 6.41. The quantitative estimate of drug-likeness (QED) is 0.591. The second-order valence-electron chi connectivity index (χ2n) is 6.41. The molecule has 3 nitrogen and oxygen atoms in total. The molecule has 1 unspecified atom stereocenters. The zero-order chi connectivity index (χ0) is 14.2. The number of hydrogen-bond donors (Lipinski definition) is 2.